The molecule has 104 valence electrons. The van der Waals surface area contributed by atoms with Crippen LogP contribution in [0.1, 0.15) is 0 Å². The topological polar surface area (TPSA) is 68.7 Å². The first kappa shape index (κ1) is 13.8. The number of carboxylic acids is 1. The second kappa shape index (κ2) is 6.51. The van der Waals surface area contributed by atoms with Crippen molar-refractivity contribution in [3.63, 3.8) is 0 Å². The molecular formula is C14H12FNO4. The van der Waals surface area contributed by atoms with Crippen molar-refractivity contribution >= 4 is 5.97 Å². The Balaban J connectivity index is 2.01. The minimum Gasteiger partial charge on any atom is -0.489 e. The maximum Gasteiger partial charge on any atom is 0.348 e. The molecule has 0 radical (unpaired) electrons. The van der Waals surface area contributed by atoms with Gasteiger partial charge in [-0.3, -0.25) is 0 Å². The maximum absolute atomic E-state index is 13.4. The van der Waals surface area contributed by atoms with Gasteiger partial charge in [-0.15, -0.1) is 0 Å². The van der Waals surface area contributed by atoms with E-state index in [0.717, 1.165) is 6.07 Å². The fraction of sp³-hybridized carbons (Fsp3) is 0.143. The smallest absolute Gasteiger partial charge is 0.348 e. The molecular weight excluding hydrogens is 265 g/mol. The van der Waals surface area contributed by atoms with E-state index in [1.54, 1.807) is 30.3 Å². The van der Waals surface area contributed by atoms with E-state index < -0.39 is 17.9 Å². The van der Waals surface area contributed by atoms with E-state index in [4.69, 9.17) is 14.6 Å². The second-order valence-electron chi connectivity index (χ2n) is 3.86. The van der Waals surface area contributed by atoms with Crippen molar-refractivity contribution < 1.29 is 23.8 Å². The number of halogens is 1. The standard InChI is InChI=1S/C14H12FNO4/c15-11-7-4-8-16-13(11)20-12(14(17)18)9-19-10-5-2-1-3-6-10/h1-8,12H,9H2,(H,17,18). The minimum absolute atomic E-state index is 0.255. The summed E-state index contributed by atoms with van der Waals surface area (Å²) in [7, 11) is 0. The van der Waals surface area contributed by atoms with E-state index in [1.165, 1.54) is 12.3 Å². The first-order chi connectivity index (χ1) is 9.66. The summed E-state index contributed by atoms with van der Waals surface area (Å²) < 4.78 is 23.7. The van der Waals surface area contributed by atoms with E-state index >= 15 is 0 Å². The van der Waals surface area contributed by atoms with Gasteiger partial charge in [0.25, 0.3) is 5.88 Å². The van der Waals surface area contributed by atoms with Crippen molar-refractivity contribution in [2.75, 3.05) is 6.61 Å². The van der Waals surface area contributed by atoms with Gasteiger partial charge in [-0.05, 0) is 24.3 Å². The number of aliphatic carboxylic acids is 1. The van der Waals surface area contributed by atoms with Crippen LogP contribution in [0.2, 0.25) is 0 Å². The lowest BCUT2D eigenvalue weighted by molar-refractivity contribution is -0.146. The third-order valence-corrected chi connectivity index (χ3v) is 2.40. The molecule has 0 amide bonds. The summed E-state index contributed by atoms with van der Waals surface area (Å²) in [4.78, 5) is 14.7. The molecule has 1 unspecified atom stereocenters. The fourth-order valence-corrected chi connectivity index (χ4v) is 1.44. The van der Waals surface area contributed by atoms with Gasteiger partial charge in [-0.2, -0.15) is 0 Å². The van der Waals surface area contributed by atoms with Crippen molar-refractivity contribution in [1.82, 2.24) is 4.98 Å². The third kappa shape index (κ3) is 3.68. The lowest BCUT2D eigenvalue weighted by atomic mass is 10.3. The van der Waals surface area contributed by atoms with Crippen LogP contribution >= 0.6 is 0 Å². The molecule has 2 aromatic rings. The van der Waals surface area contributed by atoms with Gasteiger partial charge in [0.1, 0.15) is 12.4 Å². The Bertz CT molecular complexity index is 576. The number of benzene rings is 1. The molecule has 20 heavy (non-hydrogen) atoms. The van der Waals surface area contributed by atoms with Crippen molar-refractivity contribution in [2.24, 2.45) is 0 Å². The van der Waals surface area contributed by atoms with Gasteiger partial charge in [0, 0.05) is 6.20 Å². The lowest BCUT2D eigenvalue weighted by Gasteiger charge is -2.15. The van der Waals surface area contributed by atoms with Gasteiger partial charge in [-0.1, -0.05) is 18.2 Å². The molecule has 0 saturated heterocycles. The molecule has 1 atom stereocenters. The Morgan fingerprint density at radius 3 is 2.65 bits per heavy atom. The van der Waals surface area contributed by atoms with Gasteiger partial charge in [0.05, 0.1) is 0 Å². The predicted molar refractivity (Wildman–Crippen MR) is 68.2 cm³/mol. The van der Waals surface area contributed by atoms with Crippen LogP contribution in [0.15, 0.2) is 48.7 Å². The number of carboxylic acid groups (broad SMARTS) is 1. The molecule has 0 aliphatic carbocycles. The Morgan fingerprint density at radius 1 is 1.25 bits per heavy atom. The van der Waals surface area contributed by atoms with Crippen LogP contribution in [-0.2, 0) is 4.79 Å². The van der Waals surface area contributed by atoms with Gasteiger partial charge in [0.2, 0.25) is 6.10 Å². The van der Waals surface area contributed by atoms with E-state index in [0.29, 0.717) is 5.75 Å². The zero-order valence-electron chi connectivity index (χ0n) is 10.4. The Hall–Kier alpha value is -2.63. The van der Waals surface area contributed by atoms with Gasteiger partial charge >= 0.3 is 5.97 Å². The molecule has 0 saturated carbocycles. The summed E-state index contributed by atoms with van der Waals surface area (Å²) >= 11 is 0. The van der Waals surface area contributed by atoms with Crippen LogP contribution in [0.5, 0.6) is 11.6 Å². The fourth-order valence-electron chi connectivity index (χ4n) is 1.44. The van der Waals surface area contributed by atoms with Gasteiger partial charge < -0.3 is 14.6 Å². The number of rotatable bonds is 6. The summed E-state index contributed by atoms with van der Waals surface area (Å²) in [5.41, 5.74) is 0. The predicted octanol–water partition coefficient (Wildman–Crippen LogP) is 2.13. The van der Waals surface area contributed by atoms with Crippen LogP contribution in [-0.4, -0.2) is 28.8 Å². The molecule has 0 spiro atoms. The van der Waals surface area contributed by atoms with Crippen molar-refractivity contribution in [3.05, 3.63) is 54.5 Å². The Morgan fingerprint density at radius 2 is 2.00 bits per heavy atom. The number of carbonyl (C=O) groups is 1. The summed E-state index contributed by atoms with van der Waals surface area (Å²) in [6.45, 7) is -0.255. The summed E-state index contributed by atoms with van der Waals surface area (Å²) in [6, 6.07) is 11.2. The Kier molecular flexibility index (Phi) is 4.49. The number of hydrogen-bond acceptors (Lipinski definition) is 4. The van der Waals surface area contributed by atoms with Crippen LogP contribution in [0, 0.1) is 5.82 Å². The van der Waals surface area contributed by atoms with Gasteiger partial charge in [-0.25, -0.2) is 14.2 Å². The molecule has 5 nitrogen and oxygen atoms in total. The molecule has 0 fully saturated rings. The van der Waals surface area contributed by atoms with Crippen molar-refractivity contribution in [2.45, 2.75) is 6.10 Å². The lowest BCUT2D eigenvalue weighted by Crippen LogP contribution is -2.33. The normalized spacial score (nSPS) is 11.7. The highest BCUT2D eigenvalue weighted by atomic mass is 19.1. The maximum atomic E-state index is 13.4. The molecule has 1 aromatic carbocycles. The molecule has 1 heterocycles. The summed E-state index contributed by atoms with van der Waals surface area (Å²) in [5.74, 6) is -1.84. The van der Waals surface area contributed by atoms with E-state index in [1.807, 2.05) is 0 Å². The quantitative estimate of drug-likeness (QED) is 0.876. The molecule has 1 N–H and O–H groups in total. The van der Waals surface area contributed by atoms with Crippen molar-refractivity contribution in [1.29, 1.82) is 0 Å². The minimum atomic E-state index is -1.35. The largest absolute Gasteiger partial charge is 0.489 e. The number of aromatic nitrogens is 1. The molecule has 0 aliphatic rings. The number of ether oxygens (including phenoxy) is 2. The highest BCUT2D eigenvalue weighted by molar-refractivity contribution is 5.72. The van der Waals surface area contributed by atoms with E-state index in [2.05, 4.69) is 4.98 Å². The number of nitrogens with zero attached hydrogens (tertiary/aromatic N) is 1. The Labute approximate surface area is 114 Å². The van der Waals surface area contributed by atoms with E-state index in [9.17, 15) is 9.18 Å². The average Bonchev–Trinajstić information content (AvgIpc) is 2.46. The van der Waals surface area contributed by atoms with Crippen LogP contribution in [0.3, 0.4) is 0 Å². The number of hydrogen-bond donors (Lipinski definition) is 1. The first-order valence-electron chi connectivity index (χ1n) is 5.84. The molecule has 0 aliphatic heterocycles. The average molecular weight is 277 g/mol. The molecule has 6 heteroatoms. The SMILES string of the molecule is O=C(O)C(COc1ccccc1)Oc1ncccc1F. The highest BCUT2D eigenvalue weighted by Gasteiger charge is 2.22. The number of pyridine rings is 1. The van der Waals surface area contributed by atoms with Crippen LogP contribution in [0.25, 0.3) is 0 Å². The monoisotopic (exact) mass is 277 g/mol. The summed E-state index contributed by atoms with van der Waals surface area (Å²) in [5, 5.41) is 9.05. The second-order valence-corrected chi connectivity index (χ2v) is 3.86. The first-order valence-corrected chi connectivity index (χ1v) is 5.84. The summed E-state index contributed by atoms with van der Waals surface area (Å²) in [6.07, 6.45) is -0.0327. The highest BCUT2D eigenvalue weighted by Crippen LogP contribution is 2.15. The molecule has 1 aromatic heterocycles. The number of para-hydroxylation sites is 1. The molecule has 0 bridgehead atoms. The third-order valence-electron chi connectivity index (χ3n) is 2.40. The van der Waals surface area contributed by atoms with Crippen LogP contribution < -0.4 is 9.47 Å². The van der Waals surface area contributed by atoms with E-state index in [-0.39, 0.29) is 12.5 Å². The zero-order chi connectivity index (χ0) is 14.4. The molecule has 2 rings (SSSR count). The van der Waals surface area contributed by atoms with Crippen LogP contribution in [0.4, 0.5) is 4.39 Å². The van der Waals surface area contributed by atoms with Gasteiger partial charge in [0.15, 0.2) is 5.82 Å². The zero-order valence-corrected chi connectivity index (χ0v) is 10.4. The van der Waals surface area contributed by atoms with Crippen molar-refractivity contribution in [3.8, 4) is 11.6 Å².